The Labute approximate surface area is 86.9 Å². The molecule has 0 amide bonds. The number of halogens is 1. The molecule has 68 valence electrons. The van der Waals surface area contributed by atoms with Gasteiger partial charge in [-0.25, -0.2) is 0 Å². The standard InChI is InChI=1S/C10H11BrN2/c1-13(7-6-11)10-4-2-9(8-12)3-5-10/h2-5H,6-7H2,1H3. The summed E-state index contributed by atoms with van der Waals surface area (Å²) in [6, 6.07) is 9.68. The number of hydrogen-bond acceptors (Lipinski definition) is 2. The summed E-state index contributed by atoms with van der Waals surface area (Å²) in [6.07, 6.45) is 0. The largest absolute Gasteiger partial charge is 0.374 e. The van der Waals surface area contributed by atoms with Gasteiger partial charge in [-0.05, 0) is 24.3 Å². The van der Waals surface area contributed by atoms with Crippen molar-refractivity contribution in [1.82, 2.24) is 0 Å². The molecular weight excluding hydrogens is 228 g/mol. The average Bonchev–Trinajstić information content (AvgIpc) is 2.18. The fourth-order valence-electron chi connectivity index (χ4n) is 1.05. The highest BCUT2D eigenvalue weighted by Crippen LogP contribution is 2.13. The van der Waals surface area contributed by atoms with Gasteiger partial charge in [-0.1, -0.05) is 15.9 Å². The molecule has 0 spiro atoms. The van der Waals surface area contributed by atoms with Crippen molar-refractivity contribution in [2.75, 3.05) is 23.8 Å². The molecule has 0 N–H and O–H groups in total. The number of nitriles is 1. The molecule has 1 aromatic rings. The van der Waals surface area contributed by atoms with Crippen LogP contribution in [0.15, 0.2) is 24.3 Å². The lowest BCUT2D eigenvalue weighted by Gasteiger charge is -2.17. The molecule has 0 aliphatic heterocycles. The van der Waals surface area contributed by atoms with Crippen LogP contribution in [0.2, 0.25) is 0 Å². The SMILES string of the molecule is CN(CCBr)c1ccc(C#N)cc1. The van der Waals surface area contributed by atoms with E-state index in [0.29, 0.717) is 5.56 Å². The van der Waals surface area contributed by atoms with E-state index in [0.717, 1.165) is 17.6 Å². The zero-order valence-electron chi connectivity index (χ0n) is 7.50. The number of alkyl halides is 1. The van der Waals surface area contributed by atoms with Crippen molar-refractivity contribution in [1.29, 1.82) is 5.26 Å². The monoisotopic (exact) mass is 238 g/mol. The lowest BCUT2D eigenvalue weighted by Crippen LogP contribution is -2.19. The molecule has 1 aromatic carbocycles. The van der Waals surface area contributed by atoms with Gasteiger partial charge in [0.1, 0.15) is 0 Å². The Morgan fingerprint density at radius 2 is 2.00 bits per heavy atom. The smallest absolute Gasteiger partial charge is 0.0991 e. The van der Waals surface area contributed by atoms with Gasteiger partial charge in [0, 0.05) is 24.6 Å². The molecule has 13 heavy (non-hydrogen) atoms. The quantitative estimate of drug-likeness (QED) is 0.757. The Balaban J connectivity index is 2.75. The third-order valence-electron chi connectivity index (χ3n) is 1.86. The van der Waals surface area contributed by atoms with E-state index in [-0.39, 0.29) is 0 Å². The van der Waals surface area contributed by atoms with Gasteiger partial charge in [0.25, 0.3) is 0 Å². The van der Waals surface area contributed by atoms with Crippen LogP contribution in [0, 0.1) is 11.3 Å². The number of anilines is 1. The van der Waals surface area contributed by atoms with Crippen LogP contribution in [0.5, 0.6) is 0 Å². The third kappa shape index (κ3) is 2.74. The Morgan fingerprint density at radius 3 is 2.46 bits per heavy atom. The van der Waals surface area contributed by atoms with Crippen LogP contribution in [0.3, 0.4) is 0 Å². The molecule has 0 aromatic heterocycles. The molecule has 0 atom stereocenters. The zero-order valence-corrected chi connectivity index (χ0v) is 9.08. The van der Waals surface area contributed by atoms with Gasteiger partial charge in [-0.15, -0.1) is 0 Å². The second-order valence-electron chi connectivity index (χ2n) is 2.77. The van der Waals surface area contributed by atoms with Crippen molar-refractivity contribution in [3.8, 4) is 6.07 Å². The summed E-state index contributed by atoms with van der Waals surface area (Å²) in [5, 5.41) is 9.55. The fraction of sp³-hybridized carbons (Fsp3) is 0.300. The first-order valence-corrected chi connectivity index (χ1v) is 5.17. The maximum Gasteiger partial charge on any atom is 0.0991 e. The van der Waals surface area contributed by atoms with E-state index in [1.54, 1.807) is 0 Å². The van der Waals surface area contributed by atoms with Crippen molar-refractivity contribution in [3.05, 3.63) is 29.8 Å². The van der Waals surface area contributed by atoms with Gasteiger partial charge < -0.3 is 4.90 Å². The maximum absolute atomic E-state index is 8.60. The normalized spacial score (nSPS) is 9.31. The molecule has 0 unspecified atom stereocenters. The van der Waals surface area contributed by atoms with E-state index >= 15 is 0 Å². The summed E-state index contributed by atoms with van der Waals surface area (Å²) < 4.78 is 0. The summed E-state index contributed by atoms with van der Waals surface area (Å²) >= 11 is 3.38. The Kier molecular flexibility index (Phi) is 3.78. The molecule has 0 saturated carbocycles. The van der Waals surface area contributed by atoms with Gasteiger partial charge >= 0.3 is 0 Å². The van der Waals surface area contributed by atoms with Crippen molar-refractivity contribution in [2.24, 2.45) is 0 Å². The van der Waals surface area contributed by atoms with Crippen molar-refractivity contribution in [3.63, 3.8) is 0 Å². The first-order chi connectivity index (χ1) is 6.27. The lowest BCUT2D eigenvalue weighted by molar-refractivity contribution is 0.982. The van der Waals surface area contributed by atoms with Crippen LogP contribution >= 0.6 is 15.9 Å². The van der Waals surface area contributed by atoms with Crippen LogP contribution in [0.4, 0.5) is 5.69 Å². The molecule has 0 saturated heterocycles. The number of nitrogens with zero attached hydrogens (tertiary/aromatic N) is 2. The van der Waals surface area contributed by atoms with Crippen LogP contribution in [0.25, 0.3) is 0 Å². The van der Waals surface area contributed by atoms with Gasteiger partial charge in [0.2, 0.25) is 0 Å². The molecule has 0 fully saturated rings. The molecular formula is C10H11BrN2. The van der Waals surface area contributed by atoms with E-state index < -0.39 is 0 Å². The predicted molar refractivity (Wildman–Crippen MR) is 58.2 cm³/mol. The van der Waals surface area contributed by atoms with E-state index in [9.17, 15) is 0 Å². The number of hydrogen-bond donors (Lipinski definition) is 0. The van der Waals surface area contributed by atoms with Gasteiger partial charge in [0.05, 0.1) is 11.6 Å². The Hall–Kier alpha value is -1.01. The summed E-state index contributed by atoms with van der Waals surface area (Å²) in [5.41, 5.74) is 1.84. The van der Waals surface area contributed by atoms with E-state index in [2.05, 4.69) is 26.9 Å². The molecule has 0 aliphatic carbocycles. The lowest BCUT2D eigenvalue weighted by atomic mass is 10.2. The van der Waals surface area contributed by atoms with Crippen LogP contribution < -0.4 is 4.90 Å². The number of rotatable bonds is 3. The molecule has 0 aliphatic rings. The Morgan fingerprint density at radius 1 is 1.38 bits per heavy atom. The molecule has 0 heterocycles. The highest BCUT2D eigenvalue weighted by atomic mass is 79.9. The highest BCUT2D eigenvalue weighted by molar-refractivity contribution is 9.09. The molecule has 0 radical (unpaired) electrons. The van der Waals surface area contributed by atoms with Crippen LogP contribution in [0.1, 0.15) is 5.56 Å². The predicted octanol–water partition coefficient (Wildman–Crippen LogP) is 2.39. The molecule has 1 rings (SSSR count). The zero-order chi connectivity index (χ0) is 9.68. The minimum Gasteiger partial charge on any atom is -0.374 e. The van der Waals surface area contributed by atoms with E-state index in [4.69, 9.17) is 5.26 Å². The van der Waals surface area contributed by atoms with E-state index in [1.807, 2.05) is 31.3 Å². The van der Waals surface area contributed by atoms with Crippen molar-refractivity contribution < 1.29 is 0 Å². The second kappa shape index (κ2) is 4.88. The van der Waals surface area contributed by atoms with Crippen molar-refractivity contribution >= 4 is 21.6 Å². The molecule has 2 nitrogen and oxygen atoms in total. The van der Waals surface area contributed by atoms with Crippen LogP contribution in [-0.2, 0) is 0 Å². The average molecular weight is 239 g/mol. The highest BCUT2D eigenvalue weighted by Gasteiger charge is 1.98. The molecule has 3 heteroatoms. The molecule has 0 bridgehead atoms. The maximum atomic E-state index is 8.60. The van der Waals surface area contributed by atoms with Gasteiger partial charge in [-0.2, -0.15) is 5.26 Å². The first-order valence-electron chi connectivity index (χ1n) is 4.05. The fourth-order valence-corrected chi connectivity index (χ4v) is 1.58. The summed E-state index contributed by atoms with van der Waals surface area (Å²) in [5.74, 6) is 0. The summed E-state index contributed by atoms with van der Waals surface area (Å²) in [7, 11) is 2.03. The minimum atomic E-state index is 0.705. The first kappa shape index (κ1) is 10.1. The minimum absolute atomic E-state index is 0.705. The van der Waals surface area contributed by atoms with Gasteiger partial charge in [0.15, 0.2) is 0 Å². The summed E-state index contributed by atoms with van der Waals surface area (Å²) in [4.78, 5) is 2.13. The Bertz CT molecular complexity index is 300. The summed E-state index contributed by atoms with van der Waals surface area (Å²) in [6.45, 7) is 0.964. The third-order valence-corrected chi connectivity index (χ3v) is 2.21. The van der Waals surface area contributed by atoms with E-state index in [1.165, 1.54) is 0 Å². The van der Waals surface area contributed by atoms with Crippen LogP contribution in [-0.4, -0.2) is 18.9 Å². The second-order valence-corrected chi connectivity index (χ2v) is 3.56. The number of benzene rings is 1. The van der Waals surface area contributed by atoms with Gasteiger partial charge in [-0.3, -0.25) is 0 Å². The van der Waals surface area contributed by atoms with Crippen molar-refractivity contribution in [2.45, 2.75) is 0 Å². The topological polar surface area (TPSA) is 27.0 Å².